The zero-order valence-electron chi connectivity index (χ0n) is 14.7. The molecule has 26 heavy (non-hydrogen) atoms. The van der Waals surface area contributed by atoms with Gasteiger partial charge in [0.15, 0.2) is 0 Å². The van der Waals surface area contributed by atoms with Crippen molar-refractivity contribution in [3.8, 4) is 0 Å². The Balaban J connectivity index is 1.86. The number of hydrogen-bond acceptors (Lipinski definition) is 3. The number of nitrogens with one attached hydrogen (secondary N) is 1. The van der Waals surface area contributed by atoms with Gasteiger partial charge in [-0.15, -0.1) is 0 Å². The van der Waals surface area contributed by atoms with Crippen molar-refractivity contribution >= 4 is 22.4 Å². The highest BCUT2D eigenvalue weighted by atomic mass is 19.1. The van der Waals surface area contributed by atoms with Gasteiger partial charge in [-0.25, -0.2) is 4.39 Å². The fourth-order valence-electron chi connectivity index (χ4n) is 3.89. The predicted octanol–water partition coefficient (Wildman–Crippen LogP) is 4.30. The molecule has 1 aromatic heterocycles. The predicted molar refractivity (Wildman–Crippen MR) is 98.1 cm³/mol. The first kappa shape index (κ1) is 16.5. The summed E-state index contributed by atoms with van der Waals surface area (Å²) in [7, 11) is 1.38. The molecule has 1 atom stereocenters. The van der Waals surface area contributed by atoms with E-state index in [0.29, 0.717) is 24.0 Å². The Kier molecular flexibility index (Phi) is 3.87. The average Bonchev–Trinajstić information content (AvgIpc) is 3.30. The minimum atomic E-state index is -0.959. The highest BCUT2D eigenvalue weighted by molar-refractivity contribution is 5.92. The Morgan fingerprint density at radius 1 is 1.31 bits per heavy atom. The van der Waals surface area contributed by atoms with Gasteiger partial charge in [-0.2, -0.15) is 5.10 Å². The van der Waals surface area contributed by atoms with Crippen molar-refractivity contribution in [3.63, 3.8) is 0 Å². The van der Waals surface area contributed by atoms with Crippen molar-refractivity contribution < 1.29 is 13.9 Å². The molecule has 2 aromatic carbocycles. The van der Waals surface area contributed by atoms with E-state index in [9.17, 15) is 9.18 Å². The summed E-state index contributed by atoms with van der Waals surface area (Å²) >= 11 is 0. The van der Waals surface area contributed by atoms with Crippen molar-refractivity contribution in [2.45, 2.75) is 25.2 Å². The van der Waals surface area contributed by atoms with E-state index in [2.05, 4.69) is 10.2 Å². The number of halogens is 1. The number of carbonyl (C=O) groups excluding carboxylic acids is 1. The minimum Gasteiger partial charge on any atom is -0.468 e. The van der Waals surface area contributed by atoms with Crippen LogP contribution in [-0.4, -0.2) is 23.3 Å². The van der Waals surface area contributed by atoms with Crippen molar-refractivity contribution in [2.75, 3.05) is 7.11 Å². The molecule has 132 valence electrons. The van der Waals surface area contributed by atoms with Crippen molar-refractivity contribution in [1.29, 1.82) is 0 Å². The van der Waals surface area contributed by atoms with Crippen LogP contribution in [-0.2, 0) is 14.9 Å². The zero-order chi connectivity index (χ0) is 18.3. The van der Waals surface area contributed by atoms with Gasteiger partial charge in [0.25, 0.3) is 0 Å². The van der Waals surface area contributed by atoms with E-state index in [-0.39, 0.29) is 11.8 Å². The summed E-state index contributed by atoms with van der Waals surface area (Å²) in [4.78, 5) is 12.7. The molecule has 4 nitrogen and oxygen atoms in total. The van der Waals surface area contributed by atoms with Gasteiger partial charge in [-0.05, 0) is 54.2 Å². The molecular weight excluding hydrogens is 331 g/mol. The molecule has 0 spiro atoms. The van der Waals surface area contributed by atoms with Crippen LogP contribution in [0.2, 0.25) is 0 Å². The third-order valence-corrected chi connectivity index (χ3v) is 5.32. The third-order valence-electron chi connectivity index (χ3n) is 5.32. The Bertz CT molecular complexity index is 1040. The highest BCUT2D eigenvalue weighted by Crippen LogP contribution is 2.45. The molecule has 1 aliphatic rings. The van der Waals surface area contributed by atoms with E-state index in [1.807, 2.05) is 30.3 Å². The van der Waals surface area contributed by atoms with E-state index in [1.54, 1.807) is 19.2 Å². The molecule has 4 rings (SSSR count). The molecule has 0 fully saturated rings. The number of esters is 1. The maximum atomic E-state index is 14.1. The second-order valence-electron chi connectivity index (χ2n) is 6.72. The number of nitrogens with zero attached hydrogens (tertiary/aromatic N) is 1. The van der Waals surface area contributed by atoms with Crippen LogP contribution in [0.25, 0.3) is 16.5 Å². The number of methoxy groups -OCH3 is 1. The third kappa shape index (κ3) is 2.43. The largest absolute Gasteiger partial charge is 0.468 e. The van der Waals surface area contributed by atoms with Gasteiger partial charge in [-0.3, -0.25) is 9.89 Å². The number of ether oxygens (including phenoxy) is 1. The number of rotatable bonds is 3. The number of allylic oxidation sites excluding steroid dienone is 1. The van der Waals surface area contributed by atoms with Crippen LogP contribution >= 0.6 is 0 Å². The Morgan fingerprint density at radius 2 is 2.15 bits per heavy atom. The number of fused-ring (bicyclic) bond motifs is 1. The first-order valence-electron chi connectivity index (χ1n) is 8.54. The maximum absolute atomic E-state index is 14.1. The lowest BCUT2D eigenvalue weighted by molar-refractivity contribution is -0.145. The number of benzene rings is 2. The molecule has 0 bridgehead atoms. The molecule has 3 aromatic rings. The fraction of sp³-hybridized carbons (Fsp3) is 0.238. The minimum absolute atomic E-state index is 0.313. The van der Waals surface area contributed by atoms with Gasteiger partial charge in [0.2, 0.25) is 0 Å². The molecule has 1 unspecified atom stereocenters. The monoisotopic (exact) mass is 350 g/mol. The van der Waals surface area contributed by atoms with Gasteiger partial charge in [0.05, 0.1) is 18.8 Å². The molecular formula is C21H19FN2O2. The second kappa shape index (κ2) is 6.09. The number of aromatic amines is 1. The lowest BCUT2D eigenvalue weighted by atomic mass is 9.77. The Labute approximate surface area is 150 Å². The van der Waals surface area contributed by atoms with Crippen molar-refractivity contribution in [2.24, 2.45) is 0 Å². The van der Waals surface area contributed by atoms with E-state index in [0.717, 1.165) is 22.0 Å². The molecule has 0 aliphatic heterocycles. The summed E-state index contributed by atoms with van der Waals surface area (Å²) in [5, 5.41) is 8.05. The number of H-pyrrole nitrogens is 1. The van der Waals surface area contributed by atoms with E-state index >= 15 is 0 Å². The van der Waals surface area contributed by atoms with Crippen LogP contribution in [0.1, 0.15) is 29.5 Å². The van der Waals surface area contributed by atoms with E-state index in [1.165, 1.54) is 13.2 Å². The first-order chi connectivity index (χ1) is 12.5. The summed E-state index contributed by atoms with van der Waals surface area (Å²) in [5.41, 5.74) is 3.22. The van der Waals surface area contributed by atoms with Gasteiger partial charge in [0, 0.05) is 5.39 Å². The summed E-state index contributed by atoms with van der Waals surface area (Å²) < 4.78 is 19.3. The van der Waals surface area contributed by atoms with Gasteiger partial charge in [-0.1, -0.05) is 30.3 Å². The molecule has 0 amide bonds. The highest BCUT2D eigenvalue weighted by Gasteiger charge is 2.44. The molecule has 1 heterocycles. The molecule has 1 aliphatic carbocycles. The summed E-state index contributed by atoms with van der Waals surface area (Å²) in [5.74, 6) is -0.671. The summed E-state index contributed by atoms with van der Waals surface area (Å²) in [6.45, 7) is 1.71. The number of carbonyl (C=O) groups is 1. The molecule has 0 saturated heterocycles. The number of aromatic nitrogens is 2. The van der Waals surface area contributed by atoms with E-state index < -0.39 is 5.41 Å². The number of hydrogen-bond donors (Lipinski definition) is 1. The van der Waals surface area contributed by atoms with Crippen LogP contribution < -0.4 is 0 Å². The van der Waals surface area contributed by atoms with Crippen LogP contribution in [0.5, 0.6) is 0 Å². The Hall–Kier alpha value is -2.95. The quantitative estimate of drug-likeness (QED) is 0.717. The lowest BCUT2D eigenvalue weighted by Gasteiger charge is -2.26. The van der Waals surface area contributed by atoms with Crippen molar-refractivity contribution in [1.82, 2.24) is 10.2 Å². The first-order valence-corrected chi connectivity index (χ1v) is 8.54. The van der Waals surface area contributed by atoms with Crippen molar-refractivity contribution in [3.05, 3.63) is 71.2 Å². The Morgan fingerprint density at radius 3 is 2.96 bits per heavy atom. The summed E-state index contributed by atoms with van der Waals surface area (Å²) in [6.07, 6.45) is 4.99. The maximum Gasteiger partial charge on any atom is 0.320 e. The van der Waals surface area contributed by atoms with Crippen LogP contribution in [0.3, 0.4) is 0 Å². The molecule has 0 saturated carbocycles. The summed E-state index contributed by atoms with van der Waals surface area (Å²) in [6, 6.07) is 10.9. The average molecular weight is 350 g/mol. The van der Waals surface area contributed by atoms with Gasteiger partial charge < -0.3 is 4.74 Å². The zero-order valence-corrected chi connectivity index (χ0v) is 14.7. The van der Waals surface area contributed by atoms with E-state index in [4.69, 9.17) is 4.74 Å². The van der Waals surface area contributed by atoms with Crippen LogP contribution in [0, 0.1) is 12.7 Å². The lowest BCUT2D eigenvalue weighted by Crippen LogP contribution is -2.34. The normalized spacial score (nSPS) is 19.6. The molecule has 5 heteroatoms. The second-order valence-corrected chi connectivity index (χ2v) is 6.72. The SMILES string of the molecule is COC(=O)C1(c2cccc(F)c2C)C=C(c2ccc3cn[nH]c3c2)CC1. The van der Waals surface area contributed by atoms with Gasteiger partial charge >= 0.3 is 5.97 Å². The van der Waals surface area contributed by atoms with Crippen LogP contribution in [0.15, 0.2) is 48.7 Å². The molecule has 1 N–H and O–H groups in total. The topological polar surface area (TPSA) is 55.0 Å². The standard InChI is InChI=1S/C21H19FN2O2/c1-13-17(4-3-5-18(13)22)21(20(25)26-2)9-8-15(11-21)14-6-7-16-12-23-24-19(16)10-14/h3-7,10-12H,8-9H2,1-2H3,(H,23,24). The smallest absolute Gasteiger partial charge is 0.320 e. The van der Waals surface area contributed by atoms with Gasteiger partial charge in [0.1, 0.15) is 11.2 Å². The molecule has 0 radical (unpaired) electrons. The van der Waals surface area contributed by atoms with Crippen LogP contribution in [0.4, 0.5) is 4.39 Å². The fourth-order valence-corrected chi connectivity index (χ4v) is 3.89.